The number of aromatic nitrogens is 3. The van der Waals surface area contributed by atoms with E-state index in [9.17, 15) is 10.1 Å². The Kier molecular flexibility index (Phi) is 6.91. The minimum Gasteiger partial charge on any atom is -0.444 e. The lowest BCUT2D eigenvalue weighted by atomic mass is 9.94. The van der Waals surface area contributed by atoms with Gasteiger partial charge in [-0.2, -0.15) is 5.26 Å². The fourth-order valence-corrected chi connectivity index (χ4v) is 7.23. The third-order valence-electron chi connectivity index (χ3n) is 8.46. The van der Waals surface area contributed by atoms with Gasteiger partial charge in [0, 0.05) is 47.7 Å². The van der Waals surface area contributed by atoms with Crippen molar-refractivity contribution in [2.45, 2.75) is 70.9 Å². The number of halogens is 2. The number of carbonyl (C=O) groups excluding carboxylic acids is 1. The van der Waals surface area contributed by atoms with Crippen molar-refractivity contribution in [3.63, 3.8) is 0 Å². The molecule has 0 radical (unpaired) electrons. The second-order valence-corrected chi connectivity index (χ2v) is 13.6. The standard InChI is InChI=1S/C31H31F2N7O3S/c1-31(2,3)43-30(41)38-28-17(9-34)23-26(35-11-21(32)27(23)44-28)22-20-14-42-13-19(20)18-10-36-29(37-25(18)24(22)33)40-8-7-16(12-40)39(4)15-5-6-15/h10-11,15-16H,5-8,12-14H2,1-4H3,(H,38,41). The molecular formula is C31H31F2N7O3S. The Bertz CT molecular complexity index is 1880. The smallest absolute Gasteiger partial charge is 0.412 e. The third-order valence-corrected chi connectivity index (χ3v) is 9.58. The number of nitrogens with one attached hydrogen (secondary N) is 1. The van der Waals surface area contributed by atoms with Crippen molar-refractivity contribution in [1.29, 1.82) is 5.26 Å². The molecule has 44 heavy (non-hydrogen) atoms. The van der Waals surface area contributed by atoms with Crippen LogP contribution in [0.25, 0.3) is 32.2 Å². The first-order valence-corrected chi connectivity index (χ1v) is 15.4. The molecule has 1 atom stereocenters. The lowest BCUT2D eigenvalue weighted by Crippen LogP contribution is -2.36. The summed E-state index contributed by atoms with van der Waals surface area (Å²) < 4.78 is 43.1. The monoisotopic (exact) mass is 619 g/mol. The van der Waals surface area contributed by atoms with Gasteiger partial charge in [-0.25, -0.2) is 23.5 Å². The van der Waals surface area contributed by atoms with Gasteiger partial charge in [0.1, 0.15) is 22.2 Å². The topological polar surface area (TPSA) is 116 Å². The van der Waals surface area contributed by atoms with Crippen LogP contribution >= 0.6 is 11.3 Å². The minimum absolute atomic E-state index is 0.0312. The second-order valence-electron chi connectivity index (χ2n) is 12.6. The summed E-state index contributed by atoms with van der Waals surface area (Å²) in [4.78, 5) is 30.7. The summed E-state index contributed by atoms with van der Waals surface area (Å²) >= 11 is 0.870. The van der Waals surface area contributed by atoms with Crippen molar-refractivity contribution in [2.24, 2.45) is 0 Å². The zero-order valence-electron chi connectivity index (χ0n) is 24.8. The van der Waals surface area contributed by atoms with Crippen molar-refractivity contribution >= 4 is 49.4 Å². The van der Waals surface area contributed by atoms with Crippen molar-refractivity contribution in [3.8, 4) is 17.3 Å². The molecule has 13 heteroatoms. The quantitative estimate of drug-likeness (QED) is 0.283. The van der Waals surface area contributed by atoms with Gasteiger partial charge in [0.25, 0.3) is 0 Å². The van der Waals surface area contributed by atoms with E-state index in [4.69, 9.17) is 14.5 Å². The number of nitriles is 1. The van der Waals surface area contributed by atoms with Crippen LogP contribution in [0.15, 0.2) is 12.4 Å². The first-order chi connectivity index (χ1) is 21.0. The van der Waals surface area contributed by atoms with E-state index in [0.29, 0.717) is 29.0 Å². The number of nitrogens with zero attached hydrogens (tertiary/aromatic N) is 6. The summed E-state index contributed by atoms with van der Waals surface area (Å²) in [6.45, 7) is 6.98. The molecule has 1 saturated heterocycles. The largest absolute Gasteiger partial charge is 0.444 e. The number of carbonyl (C=O) groups is 1. The van der Waals surface area contributed by atoms with Gasteiger partial charge in [-0.05, 0) is 58.2 Å². The summed E-state index contributed by atoms with van der Waals surface area (Å²) in [5.74, 6) is -0.890. The van der Waals surface area contributed by atoms with E-state index < -0.39 is 23.3 Å². The number of hydrogen-bond acceptors (Lipinski definition) is 10. The Morgan fingerprint density at radius 2 is 1.95 bits per heavy atom. The number of pyridine rings is 1. The molecule has 10 nitrogen and oxygen atoms in total. The predicted octanol–water partition coefficient (Wildman–Crippen LogP) is 6.11. The number of benzene rings is 1. The molecule has 0 spiro atoms. The first kappa shape index (κ1) is 28.8. The summed E-state index contributed by atoms with van der Waals surface area (Å²) in [5.41, 5.74) is 0.770. The highest BCUT2D eigenvalue weighted by molar-refractivity contribution is 7.23. The molecule has 1 saturated carbocycles. The highest BCUT2D eigenvalue weighted by Crippen LogP contribution is 2.46. The van der Waals surface area contributed by atoms with Crippen molar-refractivity contribution < 1.29 is 23.0 Å². The summed E-state index contributed by atoms with van der Waals surface area (Å²) in [6.07, 6.45) is 5.29. The molecule has 1 aromatic carbocycles. The number of amides is 1. The Hall–Kier alpha value is -3.99. The van der Waals surface area contributed by atoms with Crippen molar-refractivity contribution in [2.75, 3.05) is 30.4 Å². The lowest BCUT2D eigenvalue weighted by Gasteiger charge is -2.24. The van der Waals surface area contributed by atoms with Crippen LogP contribution in [0.5, 0.6) is 0 Å². The van der Waals surface area contributed by atoms with E-state index in [1.165, 1.54) is 12.8 Å². The molecule has 0 bridgehead atoms. The number of rotatable bonds is 5. The predicted molar refractivity (Wildman–Crippen MR) is 163 cm³/mol. The molecule has 1 unspecified atom stereocenters. The number of ether oxygens (including phenoxy) is 2. The molecule has 228 valence electrons. The molecule has 2 fully saturated rings. The maximum absolute atomic E-state index is 16.8. The molecule has 5 heterocycles. The molecule has 1 amide bonds. The number of anilines is 2. The first-order valence-electron chi connectivity index (χ1n) is 14.6. The van der Waals surface area contributed by atoms with Crippen LogP contribution in [0.4, 0.5) is 24.5 Å². The lowest BCUT2D eigenvalue weighted by molar-refractivity contribution is 0.0636. The number of thiophene rings is 1. The van der Waals surface area contributed by atoms with Gasteiger partial charge in [-0.15, -0.1) is 11.3 Å². The molecule has 1 N–H and O–H groups in total. The van der Waals surface area contributed by atoms with Gasteiger partial charge in [0.2, 0.25) is 5.95 Å². The Morgan fingerprint density at radius 3 is 2.68 bits per heavy atom. The van der Waals surface area contributed by atoms with Gasteiger partial charge in [-0.3, -0.25) is 15.2 Å². The van der Waals surface area contributed by atoms with E-state index in [-0.39, 0.29) is 50.6 Å². The van der Waals surface area contributed by atoms with Crippen LogP contribution in [0, 0.1) is 23.0 Å². The second kappa shape index (κ2) is 10.6. The van der Waals surface area contributed by atoms with Crippen LogP contribution in [0.3, 0.4) is 0 Å². The van der Waals surface area contributed by atoms with E-state index in [0.717, 1.165) is 42.6 Å². The van der Waals surface area contributed by atoms with Crippen LogP contribution in [-0.2, 0) is 22.7 Å². The van der Waals surface area contributed by atoms with Crippen molar-refractivity contribution in [3.05, 3.63) is 40.7 Å². The summed E-state index contributed by atoms with van der Waals surface area (Å²) in [7, 11) is 2.16. The molecule has 2 aliphatic heterocycles. The SMILES string of the molecule is CN(C1CC1)C1CCN(c2ncc3c4c(c(-c5ncc(F)c6sc(NC(=O)OC(C)(C)C)c(C#N)c56)c(F)c3n2)COC4)C1. The average Bonchev–Trinajstić information content (AvgIpc) is 3.35. The molecule has 3 aromatic heterocycles. The zero-order chi connectivity index (χ0) is 30.9. The van der Waals surface area contributed by atoms with E-state index in [1.807, 2.05) is 0 Å². The fraction of sp³-hybridized carbons (Fsp3) is 0.452. The highest BCUT2D eigenvalue weighted by Gasteiger charge is 2.36. The van der Waals surface area contributed by atoms with Gasteiger partial charge < -0.3 is 14.4 Å². The van der Waals surface area contributed by atoms with Gasteiger partial charge in [0.15, 0.2) is 11.6 Å². The molecule has 4 aromatic rings. The fourth-order valence-electron chi connectivity index (χ4n) is 6.19. The van der Waals surface area contributed by atoms with Crippen LogP contribution in [-0.4, -0.2) is 63.8 Å². The molecular weight excluding hydrogens is 588 g/mol. The number of likely N-dealkylation sites (N-methyl/N-ethyl adjacent to an activating group) is 1. The van der Waals surface area contributed by atoms with Crippen molar-refractivity contribution in [1.82, 2.24) is 19.9 Å². The van der Waals surface area contributed by atoms with E-state index in [1.54, 1.807) is 27.0 Å². The average molecular weight is 620 g/mol. The normalized spacial score (nSPS) is 18.3. The molecule has 7 rings (SSSR count). The maximum Gasteiger partial charge on any atom is 0.412 e. The maximum atomic E-state index is 16.8. The summed E-state index contributed by atoms with van der Waals surface area (Å²) in [6, 6.07) is 3.09. The van der Waals surface area contributed by atoms with E-state index in [2.05, 4.69) is 38.2 Å². The third kappa shape index (κ3) is 4.91. The summed E-state index contributed by atoms with van der Waals surface area (Å²) in [5, 5.41) is 13.5. The Morgan fingerprint density at radius 1 is 1.18 bits per heavy atom. The van der Waals surface area contributed by atoms with Crippen LogP contribution in [0.2, 0.25) is 0 Å². The number of hydrogen-bond donors (Lipinski definition) is 1. The van der Waals surface area contributed by atoms with Crippen LogP contribution < -0.4 is 10.2 Å². The number of fused-ring (bicyclic) bond motifs is 4. The molecule has 3 aliphatic rings. The van der Waals surface area contributed by atoms with Gasteiger partial charge >= 0.3 is 6.09 Å². The Balaban J connectivity index is 1.35. The van der Waals surface area contributed by atoms with Crippen LogP contribution in [0.1, 0.15) is 56.7 Å². The highest BCUT2D eigenvalue weighted by atomic mass is 32.1. The van der Waals surface area contributed by atoms with Gasteiger partial charge in [0.05, 0.1) is 35.4 Å². The van der Waals surface area contributed by atoms with Gasteiger partial charge in [-0.1, -0.05) is 0 Å². The Labute approximate surface area is 256 Å². The molecule has 1 aliphatic carbocycles. The van der Waals surface area contributed by atoms with E-state index >= 15 is 8.78 Å². The zero-order valence-corrected chi connectivity index (χ0v) is 25.6. The minimum atomic E-state index is -0.793.